The second-order valence-electron chi connectivity index (χ2n) is 4.52. The van der Waals surface area contributed by atoms with Gasteiger partial charge in [-0.25, -0.2) is 0 Å². The van der Waals surface area contributed by atoms with Gasteiger partial charge in [0.2, 0.25) is 0 Å². The van der Waals surface area contributed by atoms with Gasteiger partial charge in [-0.05, 0) is 5.56 Å². The molecule has 0 aliphatic carbocycles. The predicted octanol–water partition coefficient (Wildman–Crippen LogP) is 5.55. The molecule has 0 saturated carbocycles. The van der Waals surface area contributed by atoms with Gasteiger partial charge in [-0.1, -0.05) is 12.1 Å². The molecule has 0 saturated heterocycles. The van der Waals surface area contributed by atoms with E-state index in [-0.39, 0.29) is 6.07 Å². The molecule has 0 heterocycles. The van der Waals surface area contributed by atoms with Crippen LogP contribution in [0.2, 0.25) is 0 Å². The van der Waals surface area contributed by atoms with Crippen molar-refractivity contribution < 1.29 is 44.4 Å². The van der Waals surface area contributed by atoms with Crippen molar-refractivity contribution in [3.63, 3.8) is 0 Å². The molecule has 0 radical (unpaired) electrons. The zero-order chi connectivity index (χ0) is 19.1. The van der Waals surface area contributed by atoms with Gasteiger partial charge in [0, 0.05) is 12.1 Å². The summed E-state index contributed by atoms with van der Waals surface area (Å²) in [7, 11) is 0. The van der Waals surface area contributed by atoms with Gasteiger partial charge >= 0.3 is 18.5 Å². The van der Waals surface area contributed by atoms with E-state index in [1.54, 1.807) is 0 Å². The highest BCUT2D eigenvalue weighted by Crippen LogP contribution is 2.66. The minimum atomic E-state index is -6.86. The molecule has 0 bridgehead atoms. The molecule has 1 aromatic carbocycles. The molecule has 0 N–H and O–H groups in total. The van der Waals surface area contributed by atoms with Crippen molar-refractivity contribution in [1.82, 2.24) is 0 Å². The molecule has 1 unspecified atom stereocenters. The Kier molecular flexibility index (Phi) is 5.06. The monoisotopic (exact) mass is 389 g/mol. The lowest BCUT2D eigenvalue weighted by Crippen LogP contribution is -2.61. The van der Waals surface area contributed by atoms with Crippen LogP contribution in [0, 0.1) is 15.5 Å². The Morgan fingerprint density at radius 3 is 1.67 bits per heavy atom. The standard InChI is InChI=1S/C11H5ClF9NO2/c12-7(5-2-1-3-6(4-5)22(23)24)8(9(13,14)15,10(16,17)18)11(19,20)21/h1-4,7H. The van der Waals surface area contributed by atoms with Crippen molar-refractivity contribution in [3.8, 4) is 0 Å². The third-order valence-corrected chi connectivity index (χ3v) is 3.67. The fraction of sp³-hybridized carbons (Fsp3) is 0.455. The molecule has 1 atom stereocenters. The minimum absolute atomic E-state index is 0.121. The number of halogens is 10. The molecule has 0 spiro atoms. The number of nitrogens with zero attached hydrogens (tertiary/aromatic N) is 1. The molecule has 136 valence electrons. The fourth-order valence-corrected chi connectivity index (χ4v) is 2.47. The van der Waals surface area contributed by atoms with E-state index in [1.807, 2.05) is 0 Å². The highest BCUT2D eigenvalue weighted by atomic mass is 35.5. The number of nitro groups is 1. The molecule has 3 nitrogen and oxygen atoms in total. The van der Waals surface area contributed by atoms with E-state index in [0.29, 0.717) is 18.2 Å². The largest absolute Gasteiger partial charge is 0.413 e. The first-order valence-corrected chi connectivity index (χ1v) is 6.09. The molecule has 0 fully saturated rings. The van der Waals surface area contributed by atoms with Crippen molar-refractivity contribution >= 4 is 17.3 Å². The van der Waals surface area contributed by atoms with Crippen molar-refractivity contribution in [2.24, 2.45) is 5.41 Å². The van der Waals surface area contributed by atoms with Crippen LogP contribution in [0.4, 0.5) is 45.2 Å². The van der Waals surface area contributed by atoms with Crippen LogP contribution in [-0.4, -0.2) is 23.5 Å². The van der Waals surface area contributed by atoms with Crippen molar-refractivity contribution in [1.29, 1.82) is 0 Å². The molecule has 1 aromatic rings. The quantitative estimate of drug-likeness (QED) is 0.294. The summed E-state index contributed by atoms with van der Waals surface area (Å²) in [4.78, 5) is 9.31. The van der Waals surface area contributed by atoms with Gasteiger partial charge in [-0.3, -0.25) is 10.1 Å². The average molecular weight is 390 g/mol. The van der Waals surface area contributed by atoms with E-state index >= 15 is 0 Å². The van der Waals surface area contributed by atoms with Gasteiger partial charge < -0.3 is 0 Å². The molecule has 24 heavy (non-hydrogen) atoms. The molecular weight excluding hydrogens is 385 g/mol. The highest BCUT2D eigenvalue weighted by Gasteiger charge is 2.86. The Balaban J connectivity index is 3.73. The summed E-state index contributed by atoms with van der Waals surface area (Å²) >= 11 is 4.98. The second-order valence-corrected chi connectivity index (χ2v) is 4.95. The van der Waals surface area contributed by atoms with Gasteiger partial charge in [0.1, 0.15) is 0 Å². The summed E-state index contributed by atoms with van der Waals surface area (Å²) in [6, 6.07) is 1.82. The van der Waals surface area contributed by atoms with Crippen LogP contribution in [0.1, 0.15) is 10.9 Å². The minimum Gasteiger partial charge on any atom is -0.258 e. The zero-order valence-electron chi connectivity index (χ0n) is 10.9. The van der Waals surface area contributed by atoms with E-state index < -0.39 is 45.5 Å². The molecule has 0 amide bonds. The van der Waals surface area contributed by atoms with E-state index in [2.05, 4.69) is 0 Å². The third kappa shape index (κ3) is 3.10. The number of non-ortho nitro benzene ring substituents is 1. The molecular formula is C11H5ClF9NO2. The van der Waals surface area contributed by atoms with Crippen LogP contribution < -0.4 is 0 Å². The van der Waals surface area contributed by atoms with Gasteiger partial charge in [0.25, 0.3) is 11.1 Å². The number of rotatable bonds is 3. The highest BCUT2D eigenvalue weighted by molar-refractivity contribution is 6.21. The van der Waals surface area contributed by atoms with Crippen LogP contribution in [-0.2, 0) is 0 Å². The van der Waals surface area contributed by atoms with Crippen LogP contribution in [0.15, 0.2) is 24.3 Å². The van der Waals surface area contributed by atoms with Gasteiger partial charge in [-0.2, -0.15) is 39.5 Å². The first-order chi connectivity index (χ1) is 10.6. The zero-order valence-corrected chi connectivity index (χ0v) is 11.7. The van der Waals surface area contributed by atoms with Crippen LogP contribution in [0.25, 0.3) is 0 Å². The van der Waals surface area contributed by atoms with Gasteiger partial charge in [-0.15, -0.1) is 11.6 Å². The Hall–Kier alpha value is -1.72. The lowest BCUT2D eigenvalue weighted by Gasteiger charge is -2.41. The summed E-state index contributed by atoms with van der Waals surface area (Å²) < 4.78 is 116. The first kappa shape index (κ1) is 20.3. The first-order valence-electron chi connectivity index (χ1n) is 5.66. The van der Waals surface area contributed by atoms with Crippen LogP contribution >= 0.6 is 11.6 Å². The van der Waals surface area contributed by atoms with Crippen molar-refractivity contribution in [2.45, 2.75) is 23.9 Å². The number of hydrogen-bond acceptors (Lipinski definition) is 2. The van der Waals surface area contributed by atoms with Crippen LogP contribution in [0.5, 0.6) is 0 Å². The second kappa shape index (κ2) is 5.97. The van der Waals surface area contributed by atoms with E-state index in [1.165, 1.54) is 0 Å². The molecule has 0 aliphatic rings. The number of nitro benzene ring substituents is 1. The van der Waals surface area contributed by atoms with E-state index in [0.717, 1.165) is 0 Å². The normalized spacial score (nSPS) is 15.2. The molecule has 0 aliphatic heterocycles. The Labute approximate surface area is 132 Å². The molecule has 0 aromatic heterocycles. The fourth-order valence-electron chi connectivity index (χ4n) is 1.96. The third-order valence-electron chi connectivity index (χ3n) is 3.10. The lowest BCUT2D eigenvalue weighted by molar-refractivity contribution is -0.428. The Bertz CT molecular complexity index is 587. The lowest BCUT2D eigenvalue weighted by atomic mass is 9.78. The average Bonchev–Trinajstić information content (AvgIpc) is 2.33. The maximum absolute atomic E-state index is 12.9. The maximum atomic E-state index is 12.9. The maximum Gasteiger partial charge on any atom is 0.413 e. The summed E-state index contributed by atoms with van der Waals surface area (Å²) in [6.07, 6.45) is -20.6. The number of benzene rings is 1. The Morgan fingerprint density at radius 1 is 0.917 bits per heavy atom. The van der Waals surface area contributed by atoms with Gasteiger partial charge in [0.05, 0.1) is 10.3 Å². The van der Waals surface area contributed by atoms with Crippen molar-refractivity contribution in [2.75, 3.05) is 0 Å². The summed E-state index contributed by atoms with van der Waals surface area (Å²) in [6.45, 7) is 0. The summed E-state index contributed by atoms with van der Waals surface area (Å²) in [5, 5.41) is 6.79. The van der Waals surface area contributed by atoms with Crippen molar-refractivity contribution in [3.05, 3.63) is 39.9 Å². The molecule has 13 heteroatoms. The number of hydrogen-bond donors (Lipinski definition) is 0. The van der Waals surface area contributed by atoms with Gasteiger partial charge in [0.15, 0.2) is 0 Å². The summed E-state index contributed by atoms with van der Waals surface area (Å²) in [5.74, 6) is 0. The predicted molar refractivity (Wildman–Crippen MR) is 62.3 cm³/mol. The summed E-state index contributed by atoms with van der Waals surface area (Å²) in [5.41, 5.74) is -8.67. The van der Waals surface area contributed by atoms with E-state index in [9.17, 15) is 49.6 Å². The molecule has 1 rings (SSSR count). The SMILES string of the molecule is O=[N+]([O-])c1cccc(C(Cl)C(C(F)(F)F)(C(F)(F)F)C(F)(F)F)c1. The topological polar surface area (TPSA) is 43.1 Å². The van der Waals surface area contributed by atoms with E-state index in [4.69, 9.17) is 11.6 Å². The Morgan fingerprint density at radius 2 is 1.33 bits per heavy atom. The van der Waals surface area contributed by atoms with Crippen LogP contribution in [0.3, 0.4) is 0 Å². The number of alkyl halides is 10. The smallest absolute Gasteiger partial charge is 0.258 e.